The molecule has 0 bridgehead atoms. The molecule has 1 fully saturated rings. The topological polar surface area (TPSA) is 98.6 Å². The third kappa shape index (κ3) is 5.31. The number of alkyl halides is 1. The second-order valence-electron chi connectivity index (χ2n) is 9.61. The van der Waals surface area contributed by atoms with E-state index in [1.807, 2.05) is 30.3 Å². The fourth-order valence-corrected chi connectivity index (χ4v) is 5.27. The monoisotopic (exact) mass is 551 g/mol. The Bertz CT molecular complexity index is 1570. The molecular formula is C28H30FN5O4S. The summed E-state index contributed by atoms with van der Waals surface area (Å²) in [6.45, 7) is 2.23. The summed E-state index contributed by atoms with van der Waals surface area (Å²) in [5, 5.41) is 3.38. The zero-order valence-electron chi connectivity index (χ0n) is 22.2. The number of likely N-dealkylation sites (N-methyl/N-ethyl adjacent to an activating group) is 1. The number of fused-ring (bicyclic) bond motifs is 1. The lowest BCUT2D eigenvalue weighted by molar-refractivity contribution is -0.122. The summed E-state index contributed by atoms with van der Waals surface area (Å²) >= 11 is 1.17. The van der Waals surface area contributed by atoms with Crippen LogP contribution < -0.4 is 25.2 Å². The smallest absolute Gasteiger partial charge is 0.281 e. The first kappa shape index (κ1) is 26.6. The predicted octanol–water partition coefficient (Wildman–Crippen LogP) is 4.02. The van der Waals surface area contributed by atoms with Crippen molar-refractivity contribution in [3.8, 4) is 11.5 Å². The van der Waals surface area contributed by atoms with Crippen LogP contribution in [0.25, 0.3) is 10.3 Å². The van der Waals surface area contributed by atoms with Gasteiger partial charge in [0.05, 0.1) is 20.8 Å². The Morgan fingerprint density at radius 2 is 1.92 bits per heavy atom. The summed E-state index contributed by atoms with van der Waals surface area (Å²) in [6.07, 6.45) is 0.601. The number of rotatable bonds is 10. The van der Waals surface area contributed by atoms with E-state index < -0.39 is 17.3 Å². The van der Waals surface area contributed by atoms with Gasteiger partial charge < -0.3 is 19.7 Å². The second-order valence-corrected chi connectivity index (χ2v) is 10.6. The van der Waals surface area contributed by atoms with E-state index in [-0.39, 0.29) is 23.8 Å². The van der Waals surface area contributed by atoms with Gasteiger partial charge in [0.15, 0.2) is 27.0 Å². The average molecular weight is 552 g/mol. The molecule has 11 heteroatoms. The lowest BCUT2D eigenvalue weighted by Crippen LogP contribution is -2.43. The highest BCUT2D eigenvalue weighted by Crippen LogP contribution is 2.49. The number of halogens is 1. The molecule has 2 aromatic heterocycles. The summed E-state index contributed by atoms with van der Waals surface area (Å²) in [7, 11) is 4.82. The molecule has 1 atom stereocenters. The van der Waals surface area contributed by atoms with Crippen LogP contribution in [0.2, 0.25) is 0 Å². The zero-order chi connectivity index (χ0) is 27.7. The highest BCUT2D eigenvalue weighted by atomic mass is 32.1. The molecular weight excluding hydrogens is 521 g/mol. The van der Waals surface area contributed by atoms with Crippen LogP contribution in [0, 0.1) is 0 Å². The van der Waals surface area contributed by atoms with Crippen molar-refractivity contribution in [2.45, 2.75) is 44.6 Å². The van der Waals surface area contributed by atoms with Gasteiger partial charge in [-0.2, -0.15) is 0 Å². The number of aromatic nitrogens is 3. The first-order valence-electron chi connectivity index (χ1n) is 12.6. The normalized spacial score (nSPS) is 14.6. The molecule has 5 rings (SSSR count). The lowest BCUT2D eigenvalue weighted by atomic mass is 10.1. The van der Waals surface area contributed by atoms with E-state index in [0.717, 1.165) is 5.56 Å². The number of methoxy groups -OCH3 is 2. The SMILES string of the molecule is COc1ccc(Cn2c(C3(F)CC3)nc3sc(N(C)[C@H](C)C(=O)NCc4ccccc4)nc3c2=O)c(OC)c1. The number of hydrogen-bond acceptors (Lipinski definition) is 8. The Hall–Kier alpha value is -3.99. The molecule has 0 saturated heterocycles. The Labute approximate surface area is 229 Å². The van der Waals surface area contributed by atoms with Crippen molar-refractivity contribution in [1.29, 1.82) is 0 Å². The molecule has 1 aliphatic rings. The number of hydrogen-bond donors (Lipinski definition) is 1. The summed E-state index contributed by atoms with van der Waals surface area (Å²) in [5.74, 6) is 1.03. The largest absolute Gasteiger partial charge is 0.497 e. The molecule has 2 heterocycles. The zero-order valence-corrected chi connectivity index (χ0v) is 23.0. The lowest BCUT2D eigenvalue weighted by Gasteiger charge is -2.23. The van der Waals surface area contributed by atoms with Gasteiger partial charge in [0.1, 0.15) is 17.5 Å². The maximum atomic E-state index is 15.5. The van der Waals surface area contributed by atoms with Gasteiger partial charge in [-0.1, -0.05) is 41.7 Å². The maximum absolute atomic E-state index is 15.5. The van der Waals surface area contributed by atoms with Gasteiger partial charge in [-0.25, -0.2) is 14.4 Å². The minimum Gasteiger partial charge on any atom is -0.497 e. The van der Waals surface area contributed by atoms with Crippen molar-refractivity contribution in [3.05, 3.63) is 75.8 Å². The first-order valence-corrected chi connectivity index (χ1v) is 13.4. The van der Waals surface area contributed by atoms with E-state index in [9.17, 15) is 9.59 Å². The van der Waals surface area contributed by atoms with Gasteiger partial charge in [-0.15, -0.1) is 0 Å². The van der Waals surface area contributed by atoms with Gasteiger partial charge in [0.25, 0.3) is 5.56 Å². The average Bonchev–Trinajstić information content (AvgIpc) is 3.56. The minimum absolute atomic E-state index is 0.0664. The van der Waals surface area contributed by atoms with E-state index in [1.165, 1.54) is 23.0 Å². The van der Waals surface area contributed by atoms with E-state index in [0.29, 0.717) is 46.4 Å². The number of thiazole rings is 1. The van der Waals surface area contributed by atoms with Crippen molar-refractivity contribution in [3.63, 3.8) is 0 Å². The number of carbonyl (C=O) groups excluding carboxylic acids is 1. The minimum atomic E-state index is -1.66. The molecule has 204 valence electrons. The van der Waals surface area contributed by atoms with E-state index in [4.69, 9.17) is 9.47 Å². The van der Waals surface area contributed by atoms with E-state index in [1.54, 1.807) is 44.2 Å². The number of benzene rings is 2. The van der Waals surface area contributed by atoms with E-state index >= 15 is 4.39 Å². The molecule has 4 aromatic rings. The van der Waals surface area contributed by atoms with Crippen molar-refractivity contribution < 1.29 is 18.7 Å². The van der Waals surface area contributed by atoms with Gasteiger partial charge >= 0.3 is 0 Å². The van der Waals surface area contributed by atoms with Crippen LogP contribution in [0.5, 0.6) is 11.5 Å². The Morgan fingerprint density at radius 3 is 2.59 bits per heavy atom. The molecule has 2 aromatic carbocycles. The number of nitrogens with one attached hydrogen (secondary N) is 1. The fourth-order valence-electron chi connectivity index (χ4n) is 4.30. The molecule has 1 amide bonds. The summed E-state index contributed by atoms with van der Waals surface area (Å²) < 4.78 is 27.6. The van der Waals surface area contributed by atoms with Gasteiger partial charge in [-0.05, 0) is 37.5 Å². The van der Waals surface area contributed by atoms with Crippen molar-refractivity contribution in [2.75, 3.05) is 26.2 Å². The van der Waals surface area contributed by atoms with Gasteiger partial charge in [0, 0.05) is 25.2 Å². The third-order valence-electron chi connectivity index (χ3n) is 6.99. The Balaban J connectivity index is 1.45. The second kappa shape index (κ2) is 10.6. The molecule has 1 N–H and O–H groups in total. The number of anilines is 1. The molecule has 1 aliphatic carbocycles. The predicted molar refractivity (Wildman–Crippen MR) is 148 cm³/mol. The van der Waals surface area contributed by atoms with Crippen LogP contribution >= 0.6 is 11.3 Å². The molecule has 9 nitrogen and oxygen atoms in total. The van der Waals surface area contributed by atoms with Crippen LogP contribution in [0.4, 0.5) is 9.52 Å². The standard InChI is InChI=1S/C28H30FN5O4S/c1-17(23(35)30-15-18-8-6-5-7-9-18)33(2)27-31-22-24(39-27)32-26(28(29)12-13-28)34(25(22)36)16-19-10-11-20(37-3)14-21(19)38-4/h5-11,14,17H,12-13,15-16H2,1-4H3,(H,30,35)/t17-/m1/s1. The highest BCUT2D eigenvalue weighted by Gasteiger charge is 2.49. The Kier molecular flexibility index (Phi) is 7.26. The number of ether oxygens (including phenoxy) is 2. The summed E-state index contributed by atoms with van der Waals surface area (Å²) in [6, 6.07) is 14.3. The van der Waals surface area contributed by atoms with E-state index in [2.05, 4.69) is 15.3 Å². The Morgan fingerprint density at radius 1 is 1.18 bits per heavy atom. The molecule has 1 saturated carbocycles. The molecule has 0 spiro atoms. The van der Waals surface area contributed by atoms with Crippen LogP contribution in [0.3, 0.4) is 0 Å². The van der Waals surface area contributed by atoms with Crippen LogP contribution in [0.1, 0.15) is 36.7 Å². The molecule has 0 unspecified atom stereocenters. The summed E-state index contributed by atoms with van der Waals surface area (Å²) in [5.41, 5.74) is -0.281. The quantitative estimate of drug-likeness (QED) is 0.318. The first-order chi connectivity index (χ1) is 18.7. The number of amides is 1. The highest BCUT2D eigenvalue weighted by molar-refractivity contribution is 7.21. The number of carbonyl (C=O) groups is 1. The van der Waals surface area contributed by atoms with Crippen molar-refractivity contribution in [2.24, 2.45) is 0 Å². The molecule has 39 heavy (non-hydrogen) atoms. The fraction of sp³-hybridized carbons (Fsp3) is 0.357. The van der Waals surface area contributed by atoms with Crippen LogP contribution in [-0.4, -0.2) is 47.8 Å². The van der Waals surface area contributed by atoms with Crippen LogP contribution in [-0.2, 0) is 23.6 Å². The van der Waals surface area contributed by atoms with Crippen molar-refractivity contribution >= 4 is 32.7 Å². The van der Waals surface area contributed by atoms with Gasteiger partial charge in [-0.3, -0.25) is 14.2 Å². The van der Waals surface area contributed by atoms with Gasteiger partial charge in [0.2, 0.25) is 5.91 Å². The molecule has 0 aliphatic heterocycles. The summed E-state index contributed by atoms with van der Waals surface area (Å²) in [4.78, 5) is 37.7. The van der Waals surface area contributed by atoms with Crippen LogP contribution in [0.15, 0.2) is 53.3 Å². The molecule has 0 radical (unpaired) electrons. The van der Waals surface area contributed by atoms with Crippen molar-refractivity contribution in [1.82, 2.24) is 19.9 Å². The number of nitrogens with zero attached hydrogens (tertiary/aromatic N) is 4. The third-order valence-corrected chi connectivity index (χ3v) is 8.03. The maximum Gasteiger partial charge on any atom is 0.281 e.